The highest BCUT2D eigenvalue weighted by Crippen LogP contribution is 2.35. The molecule has 0 radical (unpaired) electrons. The third-order valence-corrected chi connectivity index (χ3v) is 4.63. The first-order chi connectivity index (χ1) is 9.65. The van der Waals surface area contributed by atoms with Crippen molar-refractivity contribution in [3.05, 3.63) is 16.4 Å². The van der Waals surface area contributed by atoms with Crippen LogP contribution in [0.3, 0.4) is 0 Å². The fourth-order valence-corrected chi connectivity index (χ4v) is 3.50. The fraction of sp³-hybridized carbons (Fsp3) is 0.800. The summed E-state index contributed by atoms with van der Waals surface area (Å²) in [6.45, 7) is 7.73. The van der Waals surface area contributed by atoms with Gasteiger partial charge < -0.3 is 10.1 Å². The average molecular weight is 300 g/mol. The number of aryl methyl sites for hydroxylation is 2. The molecule has 1 aliphatic rings. The number of rotatable bonds is 6. The molecule has 2 rings (SSSR count). The molecule has 1 aromatic rings. The molecule has 0 saturated carbocycles. The van der Waals surface area contributed by atoms with Gasteiger partial charge in [-0.2, -0.15) is 5.10 Å². The molecule has 1 aliphatic heterocycles. The first-order valence-corrected chi connectivity index (χ1v) is 8.00. The van der Waals surface area contributed by atoms with Crippen molar-refractivity contribution in [2.24, 2.45) is 5.41 Å². The minimum absolute atomic E-state index is 0.147. The van der Waals surface area contributed by atoms with Gasteiger partial charge in [0.05, 0.1) is 23.0 Å². The first-order valence-electron chi connectivity index (χ1n) is 7.62. The van der Waals surface area contributed by atoms with Gasteiger partial charge in [0, 0.05) is 25.1 Å². The van der Waals surface area contributed by atoms with Crippen LogP contribution in [0.25, 0.3) is 0 Å². The summed E-state index contributed by atoms with van der Waals surface area (Å²) in [5.41, 5.74) is 2.33. The van der Waals surface area contributed by atoms with E-state index in [4.69, 9.17) is 16.3 Å². The van der Waals surface area contributed by atoms with Gasteiger partial charge in [-0.05, 0) is 39.7 Å². The Morgan fingerprint density at radius 2 is 2.25 bits per heavy atom. The number of aromatic nitrogens is 2. The topological polar surface area (TPSA) is 39.1 Å². The quantitative estimate of drug-likeness (QED) is 0.878. The Balaban J connectivity index is 2.28. The van der Waals surface area contributed by atoms with Gasteiger partial charge in [-0.15, -0.1) is 0 Å². The molecule has 1 N–H and O–H groups in total. The Labute approximate surface area is 126 Å². The molecule has 1 saturated heterocycles. The molecule has 5 heteroatoms. The number of nitrogens with one attached hydrogen (secondary N) is 1. The van der Waals surface area contributed by atoms with Crippen molar-refractivity contribution in [3.63, 3.8) is 0 Å². The molecular formula is C15H26ClN3O. The molecule has 0 spiro atoms. The van der Waals surface area contributed by atoms with Crippen LogP contribution in [-0.2, 0) is 24.1 Å². The lowest BCUT2D eigenvalue weighted by Crippen LogP contribution is -2.42. The lowest BCUT2D eigenvalue weighted by molar-refractivity contribution is -0.00721. The van der Waals surface area contributed by atoms with Crippen LogP contribution in [0, 0.1) is 5.41 Å². The zero-order chi connectivity index (χ0) is 14.6. The van der Waals surface area contributed by atoms with E-state index in [2.05, 4.69) is 28.9 Å². The first kappa shape index (κ1) is 15.8. The molecule has 20 heavy (non-hydrogen) atoms. The molecule has 1 atom stereocenters. The normalized spacial score (nSPS) is 23.2. The fourth-order valence-electron chi connectivity index (χ4n) is 3.17. The van der Waals surface area contributed by atoms with E-state index in [1.807, 2.05) is 7.05 Å². The van der Waals surface area contributed by atoms with Crippen molar-refractivity contribution in [1.29, 1.82) is 0 Å². The molecule has 0 amide bonds. The SMILES string of the molecule is CCc1nn(CC)c(CC2(CNC)CCCOC2)c1Cl. The van der Waals surface area contributed by atoms with Crippen molar-refractivity contribution in [2.45, 2.75) is 46.1 Å². The van der Waals surface area contributed by atoms with Gasteiger partial charge >= 0.3 is 0 Å². The third kappa shape index (κ3) is 3.18. The van der Waals surface area contributed by atoms with Crippen LogP contribution in [0.2, 0.25) is 5.02 Å². The predicted octanol–water partition coefficient (Wildman–Crippen LogP) is 2.68. The summed E-state index contributed by atoms with van der Waals surface area (Å²) in [5, 5.41) is 8.81. The number of nitrogens with zero attached hydrogens (tertiary/aromatic N) is 2. The number of halogens is 1. The third-order valence-electron chi connectivity index (χ3n) is 4.19. The van der Waals surface area contributed by atoms with Crippen molar-refractivity contribution in [2.75, 3.05) is 26.8 Å². The molecular weight excluding hydrogens is 274 g/mol. The molecule has 1 unspecified atom stereocenters. The summed E-state index contributed by atoms with van der Waals surface area (Å²) < 4.78 is 7.81. The standard InChI is InChI=1S/C15H26ClN3O/c1-4-12-14(16)13(19(5-2)18-12)9-15(10-17-3)7-6-8-20-11-15/h17H,4-11H2,1-3H3. The van der Waals surface area contributed by atoms with E-state index in [0.29, 0.717) is 0 Å². The molecule has 114 valence electrons. The summed E-state index contributed by atoms with van der Waals surface area (Å²) in [7, 11) is 2.01. The Hall–Kier alpha value is -0.580. The second-order valence-electron chi connectivity index (χ2n) is 5.74. The van der Waals surface area contributed by atoms with Crippen molar-refractivity contribution >= 4 is 11.6 Å². The summed E-state index contributed by atoms with van der Waals surface area (Å²) >= 11 is 6.55. The second kappa shape index (κ2) is 6.92. The van der Waals surface area contributed by atoms with Gasteiger partial charge in [0.1, 0.15) is 0 Å². The zero-order valence-electron chi connectivity index (χ0n) is 12.8. The van der Waals surface area contributed by atoms with Crippen LogP contribution in [-0.4, -0.2) is 36.6 Å². The Bertz CT molecular complexity index is 433. The molecule has 0 aliphatic carbocycles. The van der Waals surface area contributed by atoms with E-state index in [9.17, 15) is 0 Å². The molecule has 1 fully saturated rings. The van der Waals surface area contributed by atoms with Gasteiger partial charge in [-0.1, -0.05) is 18.5 Å². The van der Waals surface area contributed by atoms with Gasteiger partial charge in [-0.3, -0.25) is 4.68 Å². The highest BCUT2D eigenvalue weighted by Gasteiger charge is 2.34. The predicted molar refractivity (Wildman–Crippen MR) is 82.4 cm³/mol. The minimum Gasteiger partial charge on any atom is -0.381 e. The molecule has 0 bridgehead atoms. The van der Waals surface area contributed by atoms with E-state index in [0.717, 1.165) is 56.3 Å². The lowest BCUT2D eigenvalue weighted by atomic mass is 9.78. The summed E-state index contributed by atoms with van der Waals surface area (Å²) in [5.74, 6) is 0. The highest BCUT2D eigenvalue weighted by atomic mass is 35.5. The van der Waals surface area contributed by atoms with Crippen LogP contribution < -0.4 is 5.32 Å². The largest absolute Gasteiger partial charge is 0.381 e. The van der Waals surface area contributed by atoms with Gasteiger partial charge in [0.25, 0.3) is 0 Å². The number of ether oxygens (including phenoxy) is 1. The lowest BCUT2D eigenvalue weighted by Gasteiger charge is -2.37. The minimum atomic E-state index is 0.147. The van der Waals surface area contributed by atoms with E-state index in [-0.39, 0.29) is 5.41 Å². The van der Waals surface area contributed by atoms with Crippen LogP contribution in [0.5, 0.6) is 0 Å². The van der Waals surface area contributed by atoms with Gasteiger partial charge in [-0.25, -0.2) is 0 Å². The van der Waals surface area contributed by atoms with Crippen molar-refractivity contribution in [1.82, 2.24) is 15.1 Å². The Kier molecular flexibility index (Phi) is 5.47. The van der Waals surface area contributed by atoms with E-state index < -0.39 is 0 Å². The smallest absolute Gasteiger partial charge is 0.0850 e. The van der Waals surface area contributed by atoms with Crippen molar-refractivity contribution in [3.8, 4) is 0 Å². The monoisotopic (exact) mass is 299 g/mol. The van der Waals surface area contributed by atoms with Gasteiger partial charge in [0.2, 0.25) is 0 Å². The molecule has 4 nitrogen and oxygen atoms in total. The average Bonchev–Trinajstić information content (AvgIpc) is 2.76. The van der Waals surface area contributed by atoms with E-state index in [1.165, 1.54) is 12.1 Å². The van der Waals surface area contributed by atoms with Crippen LogP contribution in [0.4, 0.5) is 0 Å². The maximum Gasteiger partial charge on any atom is 0.0850 e. The Morgan fingerprint density at radius 1 is 1.45 bits per heavy atom. The van der Waals surface area contributed by atoms with Gasteiger partial charge in [0.15, 0.2) is 0 Å². The molecule has 1 aromatic heterocycles. The van der Waals surface area contributed by atoms with E-state index >= 15 is 0 Å². The van der Waals surface area contributed by atoms with Crippen molar-refractivity contribution < 1.29 is 4.74 Å². The molecule has 2 heterocycles. The van der Waals surface area contributed by atoms with E-state index in [1.54, 1.807) is 0 Å². The maximum absolute atomic E-state index is 6.55. The second-order valence-corrected chi connectivity index (χ2v) is 6.12. The summed E-state index contributed by atoms with van der Waals surface area (Å²) in [4.78, 5) is 0. The van der Waals surface area contributed by atoms with Crippen LogP contribution in [0.1, 0.15) is 38.1 Å². The maximum atomic E-state index is 6.55. The van der Waals surface area contributed by atoms with Crippen LogP contribution in [0.15, 0.2) is 0 Å². The number of hydrogen-bond donors (Lipinski definition) is 1. The zero-order valence-corrected chi connectivity index (χ0v) is 13.6. The summed E-state index contributed by atoms with van der Waals surface area (Å²) in [6.07, 6.45) is 4.13. The molecule has 0 aromatic carbocycles. The Morgan fingerprint density at radius 3 is 2.80 bits per heavy atom. The highest BCUT2D eigenvalue weighted by molar-refractivity contribution is 6.31. The van der Waals surface area contributed by atoms with Crippen LogP contribution >= 0.6 is 11.6 Å². The summed E-state index contributed by atoms with van der Waals surface area (Å²) in [6, 6.07) is 0. The number of hydrogen-bond acceptors (Lipinski definition) is 3.